The van der Waals surface area contributed by atoms with Crippen LogP contribution in [0.4, 0.5) is 0 Å². The molecule has 1 aliphatic rings. The molecule has 0 aromatic carbocycles. The van der Waals surface area contributed by atoms with Crippen LogP contribution in [-0.2, 0) is 5.21 Å². The lowest BCUT2D eigenvalue weighted by Crippen LogP contribution is -2.59. The predicted octanol–water partition coefficient (Wildman–Crippen LogP) is 2.15. The van der Waals surface area contributed by atoms with Gasteiger partial charge in [-0.2, -0.15) is 0 Å². The SMILES string of the molecule is C=CC(O)C1CC(C)(C)N([O])C(C)(C)C1. The van der Waals surface area contributed by atoms with E-state index in [9.17, 15) is 10.3 Å². The molecule has 1 radical (unpaired) electrons. The summed E-state index contributed by atoms with van der Waals surface area (Å²) in [5.74, 6) is 0.137. The maximum atomic E-state index is 12.0. The van der Waals surface area contributed by atoms with Crippen LogP contribution in [-0.4, -0.2) is 27.4 Å². The summed E-state index contributed by atoms with van der Waals surface area (Å²) in [7, 11) is 0. The third-order valence-corrected chi connectivity index (χ3v) is 3.35. The number of aliphatic hydroxyl groups excluding tert-OH is 1. The van der Waals surface area contributed by atoms with Gasteiger partial charge in [0.2, 0.25) is 0 Å². The highest BCUT2D eigenvalue weighted by molar-refractivity contribution is 5.00. The van der Waals surface area contributed by atoms with Gasteiger partial charge in [-0.25, -0.2) is 0 Å². The Bertz CT molecular complexity index is 230. The summed E-state index contributed by atoms with van der Waals surface area (Å²) < 4.78 is 0. The lowest BCUT2D eigenvalue weighted by molar-refractivity contribution is -0.297. The second-order valence-corrected chi connectivity index (χ2v) is 5.81. The summed E-state index contributed by atoms with van der Waals surface area (Å²) in [5.41, 5.74) is -0.813. The molecule has 1 rings (SSSR count). The van der Waals surface area contributed by atoms with Gasteiger partial charge >= 0.3 is 0 Å². The first-order valence-corrected chi connectivity index (χ1v) is 5.49. The second kappa shape index (κ2) is 3.89. The first-order valence-electron chi connectivity index (χ1n) is 5.49. The van der Waals surface area contributed by atoms with Gasteiger partial charge in [-0.15, -0.1) is 16.8 Å². The first-order chi connectivity index (χ1) is 6.70. The van der Waals surface area contributed by atoms with Crippen molar-refractivity contribution in [2.75, 3.05) is 0 Å². The van der Waals surface area contributed by atoms with Gasteiger partial charge < -0.3 is 5.11 Å². The summed E-state index contributed by atoms with van der Waals surface area (Å²) in [4.78, 5) is 0. The van der Waals surface area contributed by atoms with Gasteiger partial charge in [-0.3, -0.25) is 0 Å². The van der Waals surface area contributed by atoms with E-state index in [1.165, 1.54) is 5.06 Å². The summed E-state index contributed by atoms with van der Waals surface area (Å²) in [6, 6.07) is 0. The van der Waals surface area contributed by atoms with Gasteiger partial charge in [0.1, 0.15) is 0 Å². The molecule has 1 heterocycles. The topological polar surface area (TPSA) is 43.4 Å². The fourth-order valence-corrected chi connectivity index (χ4v) is 2.77. The molecule has 15 heavy (non-hydrogen) atoms. The fourth-order valence-electron chi connectivity index (χ4n) is 2.77. The van der Waals surface area contributed by atoms with E-state index in [1.807, 2.05) is 27.7 Å². The monoisotopic (exact) mass is 212 g/mol. The number of aliphatic hydroxyl groups is 1. The standard InChI is InChI=1S/C12H22NO2/c1-6-10(14)9-7-11(2,3)13(15)12(4,5)8-9/h6,9-10,14H,1,7-8H2,2-5H3. The number of hydrogen-bond acceptors (Lipinski definition) is 2. The molecule has 1 atom stereocenters. The van der Waals surface area contributed by atoms with Gasteiger partial charge in [0.15, 0.2) is 0 Å². The highest BCUT2D eigenvalue weighted by Gasteiger charge is 2.47. The summed E-state index contributed by atoms with van der Waals surface area (Å²) in [5, 5.41) is 23.0. The van der Waals surface area contributed by atoms with Crippen LogP contribution < -0.4 is 0 Å². The van der Waals surface area contributed by atoms with E-state index >= 15 is 0 Å². The molecule has 0 aliphatic carbocycles. The molecule has 1 saturated heterocycles. The van der Waals surface area contributed by atoms with Crippen LogP contribution in [0.5, 0.6) is 0 Å². The quantitative estimate of drug-likeness (QED) is 0.713. The van der Waals surface area contributed by atoms with E-state index in [1.54, 1.807) is 6.08 Å². The highest BCUT2D eigenvalue weighted by Crippen LogP contribution is 2.41. The van der Waals surface area contributed by atoms with Crippen molar-refractivity contribution in [3.8, 4) is 0 Å². The Morgan fingerprint density at radius 3 is 2.07 bits per heavy atom. The Balaban J connectivity index is 2.88. The van der Waals surface area contributed by atoms with E-state index in [0.29, 0.717) is 12.8 Å². The summed E-state index contributed by atoms with van der Waals surface area (Å²) in [6.07, 6.45) is 2.49. The molecule has 1 aliphatic heterocycles. The lowest BCUT2D eigenvalue weighted by Gasteiger charge is -2.50. The molecule has 1 N–H and O–H groups in total. The van der Waals surface area contributed by atoms with Crippen molar-refractivity contribution in [2.24, 2.45) is 5.92 Å². The smallest absolute Gasteiger partial charge is 0.0747 e. The molecule has 0 bridgehead atoms. The van der Waals surface area contributed by atoms with Gasteiger partial charge in [0.05, 0.1) is 6.10 Å². The van der Waals surface area contributed by atoms with Crippen LogP contribution in [0.1, 0.15) is 40.5 Å². The highest BCUT2D eigenvalue weighted by atomic mass is 16.5. The van der Waals surface area contributed by atoms with Crippen molar-refractivity contribution in [3.05, 3.63) is 12.7 Å². The molecule has 0 spiro atoms. The summed E-state index contributed by atoms with van der Waals surface area (Å²) in [6.45, 7) is 11.3. The molecule has 0 saturated carbocycles. The number of hydrogen-bond donors (Lipinski definition) is 1. The number of piperidine rings is 1. The van der Waals surface area contributed by atoms with Crippen LogP contribution in [0.25, 0.3) is 0 Å². The van der Waals surface area contributed by atoms with Crippen molar-refractivity contribution < 1.29 is 10.3 Å². The Hall–Kier alpha value is -0.380. The zero-order chi connectivity index (χ0) is 11.9. The molecule has 1 fully saturated rings. The zero-order valence-corrected chi connectivity index (χ0v) is 10.2. The van der Waals surface area contributed by atoms with E-state index in [4.69, 9.17) is 0 Å². The van der Waals surface area contributed by atoms with Gasteiger partial charge in [0.25, 0.3) is 0 Å². The minimum Gasteiger partial charge on any atom is -0.389 e. The maximum absolute atomic E-state index is 12.0. The van der Waals surface area contributed by atoms with E-state index in [2.05, 4.69) is 6.58 Å². The molecule has 0 aromatic heterocycles. The largest absolute Gasteiger partial charge is 0.389 e. The van der Waals surface area contributed by atoms with Crippen LogP contribution in [0, 0.1) is 5.92 Å². The van der Waals surface area contributed by atoms with Crippen molar-refractivity contribution in [2.45, 2.75) is 57.7 Å². The maximum Gasteiger partial charge on any atom is 0.0747 e. The van der Waals surface area contributed by atoms with Crippen molar-refractivity contribution >= 4 is 0 Å². The average molecular weight is 212 g/mol. The predicted molar refractivity (Wildman–Crippen MR) is 59.6 cm³/mol. The molecule has 87 valence electrons. The van der Waals surface area contributed by atoms with E-state index < -0.39 is 17.2 Å². The van der Waals surface area contributed by atoms with Gasteiger partial charge in [-0.05, 0) is 46.5 Å². The van der Waals surface area contributed by atoms with Crippen LogP contribution >= 0.6 is 0 Å². The van der Waals surface area contributed by atoms with Crippen molar-refractivity contribution in [1.29, 1.82) is 0 Å². The Kier molecular flexibility index (Phi) is 3.29. The van der Waals surface area contributed by atoms with Crippen LogP contribution in [0.2, 0.25) is 0 Å². The average Bonchev–Trinajstić information content (AvgIpc) is 2.11. The van der Waals surface area contributed by atoms with Crippen LogP contribution in [0.15, 0.2) is 12.7 Å². The Labute approximate surface area is 92.4 Å². The zero-order valence-electron chi connectivity index (χ0n) is 10.2. The third-order valence-electron chi connectivity index (χ3n) is 3.35. The molecule has 0 aromatic rings. The second-order valence-electron chi connectivity index (χ2n) is 5.81. The van der Waals surface area contributed by atoms with Crippen molar-refractivity contribution in [1.82, 2.24) is 5.06 Å². The number of rotatable bonds is 2. The molecule has 0 amide bonds. The normalized spacial score (nSPS) is 28.7. The molecular formula is C12H22NO2. The third kappa shape index (κ3) is 2.41. The lowest BCUT2D eigenvalue weighted by atomic mass is 9.73. The molecule has 1 unspecified atom stereocenters. The molecule has 3 heteroatoms. The van der Waals surface area contributed by atoms with E-state index in [0.717, 1.165) is 0 Å². The van der Waals surface area contributed by atoms with Crippen molar-refractivity contribution in [3.63, 3.8) is 0 Å². The fraction of sp³-hybridized carbons (Fsp3) is 0.833. The number of nitrogens with zero attached hydrogens (tertiary/aromatic N) is 1. The first kappa shape index (κ1) is 12.7. The number of hydroxylamine groups is 2. The van der Waals surface area contributed by atoms with E-state index in [-0.39, 0.29) is 5.92 Å². The molecule has 3 nitrogen and oxygen atoms in total. The minimum atomic E-state index is -0.503. The Morgan fingerprint density at radius 1 is 1.33 bits per heavy atom. The minimum absolute atomic E-state index is 0.137. The van der Waals surface area contributed by atoms with Gasteiger partial charge in [0, 0.05) is 11.1 Å². The molecular weight excluding hydrogens is 190 g/mol. The van der Waals surface area contributed by atoms with Gasteiger partial charge in [-0.1, -0.05) is 6.08 Å². The Morgan fingerprint density at radius 2 is 1.73 bits per heavy atom. The summed E-state index contributed by atoms with van der Waals surface area (Å²) >= 11 is 0. The van der Waals surface area contributed by atoms with Crippen LogP contribution in [0.3, 0.4) is 0 Å².